The lowest BCUT2D eigenvalue weighted by Gasteiger charge is -2.08. The third kappa shape index (κ3) is 5.37. The number of benzene rings is 1. The van der Waals surface area contributed by atoms with Crippen molar-refractivity contribution in [3.05, 3.63) is 77.3 Å². The predicted molar refractivity (Wildman–Crippen MR) is 110 cm³/mol. The van der Waals surface area contributed by atoms with Gasteiger partial charge < -0.3 is 15.4 Å². The second kappa shape index (κ2) is 9.59. The fourth-order valence-electron chi connectivity index (χ4n) is 2.60. The average Bonchev–Trinajstić information content (AvgIpc) is 2.78. The van der Waals surface area contributed by atoms with Crippen molar-refractivity contribution in [2.24, 2.45) is 0 Å². The molecule has 0 radical (unpaired) electrons. The summed E-state index contributed by atoms with van der Waals surface area (Å²) in [5.74, 6) is -0.738. The molecule has 0 aliphatic rings. The maximum absolute atomic E-state index is 13.3. The number of halogens is 1. The van der Waals surface area contributed by atoms with Crippen molar-refractivity contribution in [2.75, 3.05) is 7.11 Å². The first kappa shape index (κ1) is 20.9. The Morgan fingerprint density at radius 1 is 0.967 bits per heavy atom. The van der Waals surface area contributed by atoms with E-state index in [-0.39, 0.29) is 30.3 Å². The topological polar surface area (TPSA) is 106 Å². The second-order valence-corrected chi connectivity index (χ2v) is 6.45. The first-order chi connectivity index (χ1) is 14.5. The highest BCUT2D eigenvalue weighted by Gasteiger charge is 2.13. The molecule has 0 saturated carbocycles. The summed E-state index contributed by atoms with van der Waals surface area (Å²) in [5.41, 5.74) is 2.15. The van der Waals surface area contributed by atoms with E-state index in [1.807, 2.05) is 0 Å². The highest BCUT2D eigenvalue weighted by Crippen LogP contribution is 2.07. The normalized spacial score (nSPS) is 10.3. The molecule has 2 aromatic heterocycles. The number of ether oxygens (including phenoxy) is 1. The molecule has 2 amide bonds. The largest absolute Gasteiger partial charge is 0.481 e. The molecular weight excluding hydrogens is 388 g/mol. The lowest BCUT2D eigenvalue weighted by atomic mass is 9.93. The summed E-state index contributed by atoms with van der Waals surface area (Å²) < 4.78 is 18.3. The third-order valence-corrected chi connectivity index (χ3v) is 4.27. The lowest BCUT2D eigenvalue weighted by molar-refractivity contribution is 0.0944. The van der Waals surface area contributed by atoms with Crippen molar-refractivity contribution in [3.8, 4) is 5.88 Å². The Morgan fingerprint density at radius 2 is 1.60 bits per heavy atom. The van der Waals surface area contributed by atoms with Gasteiger partial charge in [-0.25, -0.2) is 19.3 Å². The third-order valence-electron chi connectivity index (χ3n) is 4.27. The van der Waals surface area contributed by atoms with E-state index in [9.17, 15) is 14.0 Å². The number of carbonyl (C=O) groups excluding carboxylic acids is 2. The van der Waals surface area contributed by atoms with Crippen molar-refractivity contribution < 1.29 is 18.7 Å². The summed E-state index contributed by atoms with van der Waals surface area (Å²) in [5, 5.41) is 5.40. The summed E-state index contributed by atoms with van der Waals surface area (Å²) >= 11 is 0. The number of pyridine rings is 1. The van der Waals surface area contributed by atoms with Gasteiger partial charge in [0.15, 0.2) is 0 Å². The van der Waals surface area contributed by atoms with E-state index in [0.29, 0.717) is 11.3 Å². The van der Waals surface area contributed by atoms with Gasteiger partial charge in [-0.15, -0.1) is 0 Å². The minimum Gasteiger partial charge on any atom is -0.481 e. The maximum atomic E-state index is 13.3. The van der Waals surface area contributed by atoms with E-state index in [1.165, 1.54) is 19.2 Å². The molecule has 0 spiro atoms. The van der Waals surface area contributed by atoms with Gasteiger partial charge in [-0.1, -0.05) is 23.7 Å². The molecule has 3 rings (SSSR count). The van der Waals surface area contributed by atoms with E-state index in [0.717, 1.165) is 17.5 Å². The van der Waals surface area contributed by atoms with Crippen LogP contribution in [0.25, 0.3) is 0 Å². The van der Waals surface area contributed by atoms with Crippen molar-refractivity contribution >= 4 is 25.1 Å². The Labute approximate surface area is 173 Å². The first-order valence-corrected chi connectivity index (χ1v) is 9.08. The molecule has 1 aromatic carbocycles. The van der Waals surface area contributed by atoms with Gasteiger partial charge in [0.25, 0.3) is 11.8 Å². The van der Waals surface area contributed by atoms with E-state index in [2.05, 4.69) is 25.6 Å². The lowest BCUT2D eigenvalue weighted by Crippen LogP contribution is -2.27. The second-order valence-electron chi connectivity index (χ2n) is 6.45. The van der Waals surface area contributed by atoms with Crippen molar-refractivity contribution in [2.45, 2.75) is 13.1 Å². The number of nitrogens with one attached hydrogen (secondary N) is 2. The van der Waals surface area contributed by atoms with Gasteiger partial charge in [0, 0.05) is 31.4 Å². The number of methoxy groups -OCH3 is 1. The van der Waals surface area contributed by atoms with Gasteiger partial charge in [0.05, 0.1) is 7.11 Å². The molecule has 30 heavy (non-hydrogen) atoms. The number of aromatic nitrogens is 3. The Hall–Kier alpha value is -3.82. The Kier molecular flexibility index (Phi) is 6.69. The van der Waals surface area contributed by atoms with Crippen LogP contribution in [0.5, 0.6) is 5.88 Å². The molecule has 0 aliphatic carbocycles. The van der Waals surface area contributed by atoms with Crippen LogP contribution >= 0.6 is 0 Å². The molecule has 0 atom stereocenters. The highest BCUT2D eigenvalue weighted by molar-refractivity contribution is 6.32. The molecule has 0 fully saturated rings. The quantitative estimate of drug-likeness (QED) is 0.540. The zero-order chi connectivity index (χ0) is 21.5. The van der Waals surface area contributed by atoms with Gasteiger partial charge in [-0.05, 0) is 17.2 Å². The number of carbonyl (C=O) groups is 2. The van der Waals surface area contributed by atoms with Gasteiger partial charge in [-0.2, -0.15) is 0 Å². The summed E-state index contributed by atoms with van der Waals surface area (Å²) in [6.07, 6.45) is 2.75. The fraction of sp³-hybridized carbons (Fsp3) is 0.150. The predicted octanol–water partition coefficient (Wildman–Crippen LogP) is 0.138. The number of nitrogens with zero attached hydrogens (tertiary/aromatic N) is 3. The van der Waals surface area contributed by atoms with E-state index < -0.39 is 11.8 Å². The summed E-state index contributed by atoms with van der Waals surface area (Å²) in [6, 6.07) is 9.38. The Morgan fingerprint density at radius 3 is 2.17 bits per heavy atom. The van der Waals surface area contributed by atoms with Gasteiger partial charge in [-0.3, -0.25) is 9.59 Å². The van der Waals surface area contributed by atoms with Crippen molar-refractivity contribution in [3.63, 3.8) is 0 Å². The van der Waals surface area contributed by atoms with Crippen LogP contribution in [0.1, 0.15) is 32.1 Å². The molecule has 152 valence electrons. The van der Waals surface area contributed by atoms with Crippen LogP contribution in [-0.2, 0) is 13.1 Å². The number of rotatable bonds is 7. The van der Waals surface area contributed by atoms with E-state index in [4.69, 9.17) is 4.74 Å². The first-order valence-electron chi connectivity index (χ1n) is 9.08. The van der Waals surface area contributed by atoms with Crippen LogP contribution in [-0.4, -0.2) is 41.7 Å². The monoisotopic (exact) mass is 407 g/mol. The average molecular weight is 407 g/mol. The van der Waals surface area contributed by atoms with Crippen LogP contribution in [0, 0.1) is 5.82 Å². The summed E-state index contributed by atoms with van der Waals surface area (Å²) in [7, 11) is 3.17. The molecule has 0 saturated heterocycles. The standard InChI is InChI=1S/C20H19BFN5O3/c1-30-18-5-3-13(9-23-18)10-25-20(29)17-7-16(26-11-27-17)19(28)24-8-12-2-4-15(22)14(21)6-12/h2-7,9,11H,8,10,21H2,1H3,(H,24,28)(H,25,29). The van der Waals surface area contributed by atoms with Crippen molar-refractivity contribution in [1.29, 1.82) is 0 Å². The fourth-order valence-corrected chi connectivity index (χ4v) is 2.60. The molecular formula is C20H19BFN5O3. The molecule has 2 heterocycles. The van der Waals surface area contributed by atoms with Crippen molar-refractivity contribution in [1.82, 2.24) is 25.6 Å². The zero-order valence-corrected chi connectivity index (χ0v) is 16.5. The zero-order valence-electron chi connectivity index (χ0n) is 16.5. The number of hydrogen-bond acceptors (Lipinski definition) is 6. The molecule has 3 aromatic rings. The van der Waals surface area contributed by atoms with Gasteiger partial charge >= 0.3 is 0 Å². The molecule has 8 nitrogen and oxygen atoms in total. The Bertz CT molecular complexity index is 1060. The molecule has 0 bridgehead atoms. The highest BCUT2D eigenvalue weighted by atomic mass is 19.1. The molecule has 0 unspecified atom stereocenters. The summed E-state index contributed by atoms with van der Waals surface area (Å²) in [6.45, 7) is 0.446. The molecule has 0 aliphatic heterocycles. The molecule has 10 heteroatoms. The van der Waals surface area contributed by atoms with Gasteiger partial charge in [0.1, 0.15) is 31.4 Å². The number of amides is 2. The Balaban J connectivity index is 1.58. The molecule has 2 N–H and O–H groups in total. The summed E-state index contributed by atoms with van der Waals surface area (Å²) in [4.78, 5) is 36.6. The van der Waals surface area contributed by atoms with Crippen LogP contribution in [0.3, 0.4) is 0 Å². The van der Waals surface area contributed by atoms with Crippen LogP contribution in [0.15, 0.2) is 48.9 Å². The minimum absolute atomic E-state index is 0.0556. The number of hydrogen-bond donors (Lipinski definition) is 2. The van der Waals surface area contributed by atoms with Gasteiger partial charge in [0.2, 0.25) is 5.88 Å². The van der Waals surface area contributed by atoms with E-state index >= 15 is 0 Å². The smallest absolute Gasteiger partial charge is 0.270 e. The van der Waals surface area contributed by atoms with Crippen LogP contribution in [0.4, 0.5) is 4.39 Å². The van der Waals surface area contributed by atoms with E-state index in [1.54, 1.807) is 38.3 Å². The van der Waals surface area contributed by atoms with Crippen LogP contribution in [0.2, 0.25) is 0 Å². The van der Waals surface area contributed by atoms with Crippen LogP contribution < -0.4 is 20.8 Å². The SMILES string of the molecule is Bc1cc(CNC(=O)c2cc(C(=O)NCc3ccc(OC)nc3)ncn2)ccc1F. The minimum atomic E-state index is -0.465. The maximum Gasteiger partial charge on any atom is 0.270 e.